The molecule has 3 nitrogen and oxygen atoms in total. The number of nitrogens with zero attached hydrogens (tertiary/aromatic N) is 2. The van der Waals surface area contributed by atoms with Crippen LogP contribution in [0.1, 0.15) is 66.2 Å². The molecule has 0 aliphatic heterocycles. The van der Waals surface area contributed by atoms with Crippen LogP contribution in [0.25, 0.3) is 5.69 Å². The van der Waals surface area contributed by atoms with Crippen LogP contribution in [-0.4, -0.2) is 15.6 Å². The fourth-order valence-electron chi connectivity index (χ4n) is 5.24. The molecule has 0 spiro atoms. The number of carbonyl (C=O) groups is 1. The molecule has 6 heteroatoms. The molecule has 0 saturated heterocycles. The third-order valence-electron chi connectivity index (χ3n) is 6.68. The highest BCUT2D eigenvalue weighted by atomic mass is 79.9. The lowest BCUT2D eigenvalue weighted by molar-refractivity contribution is 0.0944. The van der Waals surface area contributed by atoms with Gasteiger partial charge in [-0.2, -0.15) is 5.10 Å². The Kier molecular flexibility index (Phi) is 5.68. The molecule has 2 atom stereocenters. The molecule has 3 aliphatic carbocycles. The van der Waals surface area contributed by atoms with E-state index in [-0.39, 0.29) is 11.7 Å². The molecule has 0 amide bonds. The van der Waals surface area contributed by atoms with Crippen molar-refractivity contribution in [2.45, 2.75) is 50.9 Å². The molecule has 2 unspecified atom stereocenters. The van der Waals surface area contributed by atoms with Crippen LogP contribution in [0.15, 0.2) is 40.9 Å². The summed E-state index contributed by atoms with van der Waals surface area (Å²) >= 11 is 16.3. The summed E-state index contributed by atoms with van der Waals surface area (Å²) in [5.74, 6) is 1.18. The minimum Gasteiger partial charge on any atom is -0.292 e. The lowest BCUT2D eigenvalue weighted by Gasteiger charge is -2.21. The molecule has 2 aromatic rings. The summed E-state index contributed by atoms with van der Waals surface area (Å²) in [6, 6.07) is 5.44. The number of allylic oxidation sites excluding steroid dienone is 4. The average molecular weight is 506 g/mol. The normalized spacial score (nSPS) is 23.2. The predicted octanol–water partition coefficient (Wildman–Crippen LogP) is 7.44. The van der Waals surface area contributed by atoms with Gasteiger partial charge in [0.2, 0.25) is 0 Å². The quantitative estimate of drug-likeness (QED) is 0.404. The number of halogens is 3. The Balaban J connectivity index is 1.57. The SMILES string of the molecule is O=C(CC1CCCCC1)c1nn(-c2ccc(Cl)cc2Cl)c2c1CC1C=C(Br)C=CC21. The largest absolute Gasteiger partial charge is 0.292 e. The zero-order valence-corrected chi connectivity index (χ0v) is 19.7. The summed E-state index contributed by atoms with van der Waals surface area (Å²) in [5, 5.41) is 5.97. The van der Waals surface area contributed by atoms with Gasteiger partial charge in [-0.3, -0.25) is 4.79 Å². The van der Waals surface area contributed by atoms with Gasteiger partial charge in [0.25, 0.3) is 0 Å². The average Bonchev–Trinajstić information content (AvgIpc) is 3.25. The van der Waals surface area contributed by atoms with Gasteiger partial charge in [0.05, 0.1) is 16.4 Å². The van der Waals surface area contributed by atoms with Crippen LogP contribution in [-0.2, 0) is 6.42 Å². The van der Waals surface area contributed by atoms with Gasteiger partial charge in [-0.25, -0.2) is 4.68 Å². The van der Waals surface area contributed by atoms with Crippen LogP contribution in [0.3, 0.4) is 0 Å². The second-order valence-corrected chi connectivity index (χ2v) is 10.4. The Labute approximate surface area is 195 Å². The number of carbonyl (C=O) groups excluding carboxylic acids is 1. The maximum absolute atomic E-state index is 13.4. The molecule has 156 valence electrons. The standard InChI is InChI=1S/C24H23BrCl2N2O/c25-16-6-8-18-15(11-16)12-19-23(22(30)10-14-4-2-1-3-5-14)28-29(24(18)19)21-9-7-17(26)13-20(21)27/h6-9,11,13-15,18H,1-5,10,12H2. The van der Waals surface area contributed by atoms with Gasteiger partial charge in [-0.1, -0.05) is 89.5 Å². The van der Waals surface area contributed by atoms with Crippen molar-refractivity contribution < 1.29 is 4.79 Å². The van der Waals surface area contributed by atoms with Gasteiger partial charge in [-0.15, -0.1) is 0 Å². The van der Waals surface area contributed by atoms with Crippen LogP contribution in [0.5, 0.6) is 0 Å². The number of rotatable bonds is 4. The van der Waals surface area contributed by atoms with Gasteiger partial charge >= 0.3 is 0 Å². The molecule has 0 N–H and O–H groups in total. The summed E-state index contributed by atoms with van der Waals surface area (Å²) in [6.07, 6.45) is 14.0. The van der Waals surface area contributed by atoms with Crippen LogP contribution < -0.4 is 0 Å². The van der Waals surface area contributed by atoms with Gasteiger partial charge < -0.3 is 0 Å². The first kappa shape index (κ1) is 20.5. The third-order valence-corrected chi connectivity index (χ3v) is 7.74. The molecule has 1 saturated carbocycles. The molecule has 3 aliphatic rings. The summed E-state index contributed by atoms with van der Waals surface area (Å²) < 4.78 is 2.98. The van der Waals surface area contributed by atoms with E-state index in [0.29, 0.717) is 34.0 Å². The Morgan fingerprint density at radius 2 is 2.00 bits per heavy atom. The Bertz CT molecular complexity index is 1070. The molecule has 0 bridgehead atoms. The molecular weight excluding hydrogens is 483 g/mol. The van der Waals surface area contributed by atoms with E-state index in [1.54, 1.807) is 6.07 Å². The van der Waals surface area contributed by atoms with Crippen LogP contribution in [0.2, 0.25) is 10.0 Å². The van der Waals surface area contributed by atoms with Crippen molar-refractivity contribution in [1.29, 1.82) is 0 Å². The van der Waals surface area contributed by atoms with E-state index in [1.165, 1.54) is 19.3 Å². The summed E-state index contributed by atoms with van der Waals surface area (Å²) in [7, 11) is 0. The Morgan fingerprint density at radius 3 is 2.77 bits per heavy atom. The number of Topliss-reactive ketones (excluding diaryl/α,β-unsaturated/α-hetero) is 1. The zero-order chi connectivity index (χ0) is 20.8. The summed E-state index contributed by atoms with van der Waals surface area (Å²) in [5.41, 5.74) is 3.58. The van der Waals surface area contributed by atoms with Crippen molar-refractivity contribution in [3.8, 4) is 5.69 Å². The van der Waals surface area contributed by atoms with E-state index < -0.39 is 0 Å². The van der Waals surface area contributed by atoms with Crippen LogP contribution >= 0.6 is 39.1 Å². The fraction of sp³-hybridized carbons (Fsp3) is 0.417. The van der Waals surface area contributed by atoms with E-state index in [4.69, 9.17) is 28.3 Å². The van der Waals surface area contributed by atoms with Crippen LogP contribution in [0, 0.1) is 11.8 Å². The van der Waals surface area contributed by atoms with E-state index >= 15 is 0 Å². The van der Waals surface area contributed by atoms with E-state index in [2.05, 4.69) is 34.2 Å². The second kappa shape index (κ2) is 8.29. The lowest BCUT2D eigenvalue weighted by atomic mass is 9.85. The number of ketones is 1. The van der Waals surface area contributed by atoms with Crippen molar-refractivity contribution in [3.05, 3.63) is 67.9 Å². The molecule has 1 heterocycles. The highest BCUT2D eigenvalue weighted by Crippen LogP contribution is 2.46. The van der Waals surface area contributed by atoms with Crippen molar-refractivity contribution in [2.24, 2.45) is 11.8 Å². The number of fused-ring (bicyclic) bond motifs is 3. The molecule has 1 aromatic carbocycles. The van der Waals surface area contributed by atoms with Crippen LogP contribution in [0.4, 0.5) is 0 Å². The molecule has 5 rings (SSSR count). The third kappa shape index (κ3) is 3.72. The molecular formula is C24H23BrCl2N2O. The minimum absolute atomic E-state index is 0.174. The van der Waals surface area contributed by atoms with Gasteiger partial charge in [0, 0.05) is 27.4 Å². The van der Waals surface area contributed by atoms with Crippen molar-refractivity contribution in [3.63, 3.8) is 0 Å². The fourth-order valence-corrected chi connectivity index (χ4v) is 6.22. The van der Waals surface area contributed by atoms with Crippen molar-refractivity contribution in [2.75, 3.05) is 0 Å². The summed E-state index contributed by atoms with van der Waals surface area (Å²) in [4.78, 5) is 13.4. The smallest absolute Gasteiger partial charge is 0.183 e. The first-order chi connectivity index (χ1) is 14.5. The molecule has 1 fully saturated rings. The van der Waals surface area contributed by atoms with Gasteiger partial charge in [-0.05, 0) is 36.5 Å². The van der Waals surface area contributed by atoms with Crippen molar-refractivity contribution in [1.82, 2.24) is 9.78 Å². The Hall–Kier alpha value is -1.36. The first-order valence-corrected chi connectivity index (χ1v) is 12.2. The summed E-state index contributed by atoms with van der Waals surface area (Å²) in [6.45, 7) is 0. The first-order valence-electron chi connectivity index (χ1n) is 10.7. The highest BCUT2D eigenvalue weighted by molar-refractivity contribution is 9.11. The number of hydrogen-bond donors (Lipinski definition) is 0. The van der Waals surface area contributed by atoms with Gasteiger partial charge in [0.15, 0.2) is 5.78 Å². The number of benzene rings is 1. The van der Waals surface area contributed by atoms with E-state index in [0.717, 1.165) is 40.7 Å². The number of hydrogen-bond acceptors (Lipinski definition) is 2. The van der Waals surface area contributed by atoms with E-state index in [1.807, 2.05) is 16.8 Å². The minimum atomic E-state index is 0.174. The monoisotopic (exact) mass is 504 g/mol. The molecule has 1 aromatic heterocycles. The number of aromatic nitrogens is 2. The molecule has 0 radical (unpaired) electrons. The maximum Gasteiger partial charge on any atom is 0.183 e. The lowest BCUT2D eigenvalue weighted by Crippen LogP contribution is -2.15. The Morgan fingerprint density at radius 1 is 1.20 bits per heavy atom. The van der Waals surface area contributed by atoms with E-state index in [9.17, 15) is 4.79 Å². The highest BCUT2D eigenvalue weighted by Gasteiger charge is 2.39. The van der Waals surface area contributed by atoms with Gasteiger partial charge in [0.1, 0.15) is 5.69 Å². The van der Waals surface area contributed by atoms with Crippen molar-refractivity contribution >= 4 is 44.9 Å². The maximum atomic E-state index is 13.4. The zero-order valence-electron chi connectivity index (χ0n) is 16.6. The topological polar surface area (TPSA) is 34.9 Å². The molecule has 30 heavy (non-hydrogen) atoms. The predicted molar refractivity (Wildman–Crippen MR) is 125 cm³/mol. The second-order valence-electron chi connectivity index (χ2n) is 8.66.